The van der Waals surface area contributed by atoms with Crippen molar-refractivity contribution < 1.29 is 14.3 Å². The third-order valence-electron chi connectivity index (χ3n) is 2.45. The quantitative estimate of drug-likeness (QED) is 0.748. The third kappa shape index (κ3) is 1.48. The second-order valence-electron chi connectivity index (χ2n) is 3.37. The minimum absolute atomic E-state index is 0.155. The van der Waals surface area contributed by atoms with Crippen molar-refractivity contribution in [2.45, 2.75) is 18.5 Å². The summed E-state index contributed by atoms with van der Waals surface area (Å²) in [5, 5.41) is 11.4. The molecule has 1 aliphatic heterocycles. The molecule has 0 radical (unpaired) electrons. The molecule has 1 aromatic rings. The Hall–Kier alpha value is -1.42. The molecule has 2 rings (SSSR count). The first-order valence-corrected chi connectivity index (χ1v) is 4.42. The van der Waals surface area contributed by atoms with E-state index in [2.05, 4.69) is 5.32 Å². The molecule has 1 saturated heterocycles. The van der Waals surface area contributed by atoms with Crippen LogP contribution in [0.15, 0.2) is 24.3 Å². The Balaban J connectivity index is 2.07. The van der Waals surface area contributed by atoms with Gasteiger partial charge in [0.2, 0.25) is 0 Å². The maximum absolute atomic E-state index is 13.2. The molecule has 1 aliphatic rings. The van der Waals surface area contributed by atoms with Gasteiger partial charge in [0.1, 0.15) is 11.9 Å². The van der Waals surface area contributed by atoms with Crippen LogP contribution in [0.2, 0.25) is 0 Å². The zero-order chi connectivity index (χ0) is 10.1. The van der Waals surface area contributed by atoms with E-state index in [0.29, 0.717) is 12.0 Å². The van der Waals surface area contributed by atoms with Crippen LogP contribution in [0.5, 0.6) is 0 Å². The Morgan fingerprint density at radius 1 is 1.50 bits per heavy atom. The maximum atomic E-state index is 13.2. The number of rotatable bonds is 2. The van der Waals surface area contributed by atoms with E-state index in [4.69, 9.17) is 5.11 Å². The van der Waals surface area contributed by atoms with Gasteiger partial charge in [-0.1, -0.05) is 18.2 Å². The van der Waals surface area contributed by atoms with Crippen LogP contribution in [0.4, 0.5) is 4.39 Å². The van der Waals surface area contributed by atoms with Crippen molar-refractivity contribution in [2.75, 3.05) is 0 Å². The van der Waals surface area contributed by atoms with Gasteiger partial charge in [-0.2, -0.15) is 0 Å². The molecule has 0 aliphatic carbocycles. The number of hydrogen-bond acceptors (Lipinski definition) is 2. The van der Waals surface area contributed by atoms with Crippen LogP contribution in [-0.4, -0.2) is 17.1 Å². The standard InChI is InChI=1S/C10H10FNO2/c11-7-4-2-1-3-6(7)8-5-9(12-8)10(13)14/h1-4,8-9,12H,5H2,(H,13,14). The maximum Gasteiger partial charge on any atom is 0.320 e. The minimum atomic E-state index is -0.877. The van der Waals surface area contributed by atoms with Crippen molar-refractivity contribution >= 4 is 5.97 Å². The van der Waals surface area contributed by atoms with Gasteiger partial charge in [-0.05, 0) is 12.5 Å². The number of carboxylic acid groups (broad SMARTS) is 1. The Kier molecular flexibility index (Phi) is 2.21. The normalized spacial score (nSPS) is 25.5. The van der Waals surface area contributed by atoms with Gasteiger partial charge >= 0.3 is 5.97 Å². The summed E-state index contributed by atoms with van der Waals surface area (Å²) in [6.45, 7) is 0. The fraction of sp³-hybridized carbons (Fsp3) is 0.300. The van der Waals surface area contributed by atoms with Crippen molar-refractivity contribution in [3.8, 4) is 0 Å². The van der Waals surface area contributed by atoms with E-state index in [1.807, 2.05) is 0 Å². The molecule has 1 fully saturated rings. The van der Waals surface area contributed by atoms with E-state index < -0.39 is 12.0 Å². The molecule has 0 spiro atoms. The van der Waals surface area contributed by atoms with Gasteiger partial charge < -0.3 is 5.11 Å². The highest BCUT2D eigenvalue weighted by Crippen LogP contribution is 2.29. The molecule has 2 atom stereocenters. The molecule has 1 aromatic carbocycles. The summed E-state index contributed by atoms with van der Waals surface area (Å²) >= 11 is 0. The van der Waals surface area contributed by atoms with Crippen LogP contribution in [0.3, 0.4) is 0 Å². The lowest BCUT2D eigenvalue weighted by atomic mass is 9.90. The molecule has 1 heterocycles. The van der Waals surface area contributed by atoms with Crippen molar-refractivity contribution in [1.82, 2.24) is 5.32 Å². The van der Waals surface area contributed by atoms with Gasteiger partial charge in [0.25, 0.3) is 0 Å². The van der Waals surface area contributed by atoms with E-state index >= 15 is 0 Å². The molecule has 2 N–H and O–H groups in total. The highest BCUT2D eigenvalue weighted by atomic mass is 19.1. The average molecular weight is 195 g/mol. The second kappa shape index (κ2) is 3.38. The lowest BCUT2D eigenvalue weighted by Crippen LogP contribution is -2.51. The first-order valence-electron chi connectivity index (χ1n) is 4.42. The molecule has 14 heavy (non-hydrogen) atoms. The number of benzene rings is 1. The summed E-state index contributed by atoms with van der Waals surface area (Å²) in [5.41, 5.74) is 0.546. The van der Waals surface area contributed by atoms with E-state index in [1.54, 1.807) is 18.2 Å². The van der Waals surface area contributed by atoms with Crippen LogP contribution in [0.1, 0.15) is 18.0 Å². The van der Waals surface area contributed by atoms with Gasteiger partial charge in [0.15, 0.2) is 0 Å². The summed E-state index contributed by atoms with van der Waals surface area (Å²) in [6.07, 6.45) is 0.455. The van der Waals surface area contributed by atoms with Crippen LogP contribution < -0.4 is 5.32 Å². The zero-order valence-electron chi connectivity index (χ0n) is 7.40. The summed E-state index contributed by atoms with van der Waals surface area (Å²) < 4.78 is 13.2. The smallest absolute Gasteiger partial charge is 0.320 e. The van der Waals surface area contributed by atoms with Gasteiger partial charge in [0.05, 0.1) is 0 Å². The number of hydrogen-bond donors (Lipinski definition) is 2. The number of carbonyl (C=O) groups is 1. The first kappa shape index (κ1) is 9.15. The fourth-order valence-electron chi connectivity index (χ4n) is 1.60. The fourth-order valence-corrected chi connectivity index (χ4v) is 1.60. The molecule has 3 nitrogen and oxygen atoms in total. The predicted molar refractivity (Wildman–Crippen MR) is 48.3 cm³/mol. The predicted octanol–water partition coefficient (Wildman–Crippen LogP) is 1.31. The molecule has 2 unspecified atom stereocenters. The summed E-state index contributed by atoms with van der Waals surface area (Å²) in [5.74, 6) is -1.16. The van der Waals surface area contributed by atoms with Gasteiger partial charge in [-0.3, -0.25) is 10.1 Å². The van der Waals surface area contributed by atoms with Crippen molar-refractivity contribution in [2.24, 2.45) is 0 Å². The molecular weight excluding hydrogens is 185 g/mol. The van der Waals surface area contributed by atoms with Gasteiger partial charge in [-0.25, -0.2) is 4.39 Å². The van der Waals surface area contributed by atoms with E-state index in [1.165, 1.54) is 6.07 Å². The molecule has 0 amide bonds. The first-order chi connectivity index (χ1) is 6.68. The van der Waals surface area contributed by atoms with Crippen LogP contribution in [0.25, 0.3) is 0 Å². The van der Waals surface area contributed by atoms with Crippen molar-refractivity contribution in [3.05, 3.63) is 35.6 Å². The molecule has 0 bridgehead atoms. The van der Waals surface area contributed by atoms with Gasteiger partial charge in [-0.15, -0.1) is 0 Å². The molecular formula is C10H10FNO2. The van der Waals surface area contributed by atoms with Crippen molar-refractivity contribution in [3.63, 3.8) is 0 Å². The highest BCUT2D eigenvalue weighted by molar-refractivity contribution is 5.75. The van der Waals surface area contributed by atoms with Gasteiger partial charge in [0, 0.05) is 11.6 Å². The van der Waals surface area contributed by atoms with E-state index in [9.17, 15) is 9.18 Å². The summed E-state index contributed by atoms with van der Waals surface area (Å²) in [4.78, 5) is 10.5. The Labute approximate surface area is 80.6 Å². The average Bonchev–Trinajstić information content (AvgIpc) is 2.05. The number of nitrogens with one attached hydrogen (secondary N) is 1. The summed E-state index contributed by atoms with van der Waals surface area (Å²) in [6, 6.07) is 5.73. The summed E-state index contributed by atoms with van der Waals surface area (Å²) in [7, 11) is 0. The molecule has 74 valence electrons. The number of halogens is 1. The molecule has 0 saturated carbocycles. The van der Waals surface area contributed by atoms with Crippen LogP contribution >= 0.6 is 0 Å². The lowest BCUT2D eigenvalue weighted by molar-refractivity contribution is -0.142. The monoisotopic (exact) mass is 195 g/mol. The SMILES string of the molecule is O=C(O)C1CC(c2ccccc2F)N1. The van der Waals surface area contributed by atoms with E-state index in [0.717, 1.165) is 0 Å². The van der Waals surface area contributed by atoms with Crippen molar-refractivity contribution in [1.29, 1.82) is 0 Å². The second-order valence-corrected chi connectivity index (χ2v) is 3.37. The van der Waals surface area contributed by atoms with E-state index in [-0.39, 0.29) is 11.9 Å². The third-order valence-corrected chi connectivity index (χ3v) is 2.45. The Morgan fingerprint density at radius 2 is 2.14 bits per heavy atom. The number of aliphatic carboxylic acids is 1. The topological polar surface area (TPSA) is 49.3 Å². The number of carboxylic acids is 1. The zero-order valence-corrected chi connectivity index (χ0v) is 7.40. The van der Waals surface area contributed by atoms with Crippen LogP contribution in [-0.2, 0) is 4.79 Å². The molecule has 0 aromatic heterocycles. The Morgan fingerprint density at radius 3 is 2.71 bits per heavy atom. The Bertz CT molecular complexity index is 361. The lowest BCUT2D eigenvalue weighted by Gasteiger charge is -2.34. The molecule has 4 heteroatoms. The largest absolute Gasteiger partial charge is 0.480 e. The van der Waals surface area contributed by atoms with Crippen LogP contribution in [0, 0.1) is 5.82 Å². The highest BCUT2D eigenvalue weighted by Gasteiger charge is 2.35. The minimum Gasteiger partial charge on any atom is -0.480 e.